The van der Waals surface area contributed by atoms with Crippen molar-refractivity contribution in [2.45, 2.75) is 70.4 Å². The minimum Gasteiger partial charge on any atom is -0.376 e. The number of alkyl halides is 3. The van der Waals surface area contributed by atoms with Crippen LogP contribution < -0.4 is 0 Å². The van der Waals surface area contributed by atoms with Crippen molar-refractivity contribution in [1.82, 2.24) is 9.80 Å². The van der Waals surface area contributed by atoms with Gasteiger partial charge in [-0.05, 0) is 48.8 Å². The summed E-state index contributed by atoms with van der Waals surface area (Å²) >= 11 is 0. The Hall–Kier alpha value is -1.60. The highest BCUT2D eigenvalue weighted by molar-refractivity contribution is 5.78. The second-order valence-corrected chi connectivity index (χ2v) is 9.32. The standard InChI is InChI=1S/C23H31F3N2O2/c1-15(2)19-10-12-30-20-9-11-27(14-17-5-8-21(29)28(19)22(17)20)13-16-3-6-18(7-4-16)23(24,25)26/h3-4,6-7,15,17,19-20,22H,5,8-14H2,1-2H3/t17-,19-,20-,22-/m1/s1. The lowest BCUT2D eigenvalue weighted by Gasteiger charge is -2.46. The molecule has 3 fully saturated rings. The Morgan fingerprint density at radius 2 is 1.87 bits per heavy atom. The number of rotatable bonds is 3. The highest BCUT2D eigenvalue weighted by Crippen LogP contribution is 2.38. The highest BCUT2D eigenvalue weighted by atomic mass is 19.4. The summed E-state index contributed by atoms with van der Waals surface area (Å²) in [5, 5.41) is 0. The first-order valence-electron chi connectivity index (χ1n) is 11.1. The van der Waals surface area contributed by atoms with E-state index >= 15 is 0 Å². The van der Waals surface area contributed by atoms with Gasteiger partial charge >= 0.3 is 6.18 Å². The van der Waals surface area contributed by atoms with Crippen LogP contribution in [0.25, 0.3) is 0 Å². The zero-order valence-corrected chi connectivity index (χ0v) is 17.7. The number of hydrogen-bond donors (Lipinski definition) is 0. The van der Waals surface area contributed by atoms with Gasteiger partial charge in [0.25, 0.3) is 0 Å². The van der Waals surface area contributed by atoms with Crippen molar-refractivity contribution >= 4 is 5.91 Å². The van der Waals surface area contributed by atoms with Gasteiger partial charge in [-0.3, -0.25) is 9.69 Å². The molecule has 0 N–H and O–H groups in total. The van der Waals surface area contributed by atoms with E-state index in [0.717, 1.165) is 50.0 Å². The zero-order valence-electron chi connectivity index (χ0n) is 17.7. The SMILES string of the molecule is CC(C)[C@H]1CCO[C@@H]2CCN(Cc3ccc(C(F)(F)F)cc3)C[C@H]3CCC(=O)N1[C@H]32. The molecule has 0 aromatic heterocycles. The van der Waals surface area contributed by atoms with Gasteiger partial charge in [-0.1, -0.05) is 26.0 Å². The molecule has 1 amide bonds. The molecule has 3 aliphatic rings. The molecule has 4 nitrogen and oxygen atoms in total. The summed E-state index contributed by atoms with van der Waals surface area (Å²) in [6.07, 6.45) is -1.10. The number of likely N-dealkylation sites (tertiary alicyclic amines) is 1. The third-order valence-electron chi connectivity index (χ3n) is 6.98. The lowest BCUT2D eigenvalue weighted by molar-refractivity contribution is -0.146. The van der Waals surface area contributed by atoms with E-state index in [1.165, 1.54) is 0 Å². The number of piperidine rings is 1. The Balaban J connectivity index is 1.51. The topological polar surface area (TPSA) is 32.8 Å². The normalized spacial score (nSPS) is 30.7. The summed E-state index contributed by atoms with van der Waals surface area (Å²) in [5.74, 6) is 0.979. The number of carbonyl (C=O) groups excluding carboxylic acids is 1. The summed E-state index contributed by atoms with van der Waals surface area (Å²) in [7, 11) is 0. The summed E-state index contributed by atoms with van der Waals surface area (Å²) in [4.78, 5) is 17.4. The van der Waals surface area contributed by atoms with Crippen LogP contribution >= 0.6 is 0 Å². The van der Waals surface area contributed by atoms with Gasteiger partial charge in [0.05, 0.1) is 17.7 Å². The maximum absolute atomic E-state index is 12.9. The largest absolute Gasteiger partial charge is 0.416 e. The summed E-state index contributed by atoms with van der Waals surface area (Å²) in [6.45, 7) is 7.33. The third kappa shape index (κ3) is 4.37. The molecule has 4 rings (SSSR count). The maximum Gasteiger partial charge on any atom is 0.416 e. The molecule has 3 aliphatic heterocycles. The minimum atomic E-state index is -4.31. The van der Waals surface area contributed by atoms with E-state index in [9.17, 15) is 18.0 Å². The molecule has 0 aliphatic carbocycles. The van der Waals surface area contributed by atoms with Crippen molar-refractivity contribution in [1.29, 1.82) is 0 Å². The van der Waals surface area contributed by atoms with Crippen LogP contribution in [0.15, 0.2) is 24.3 Å². The quantitative estimate of drug-likeness (QED) is 0.724. The number of halogens is 3. The first kappa shape index (κ1) is 21.6. The van der Waals surface area contributed by atoms with E-state index in [0.29, 0.717) is 31.4 Å². The van der Waals surface area contributed by atoms with Crippen molar-refractivity contribution < 1.29 is 22.7 Å². The number of nitrogens with zero attached hydrogens (tertiary/aromatic N) is 2. The molecule has 3 heterocycles. The Morgan fingerprint density at radius 1 is 1.13 bits per heavy atom. The van der Waals surface area contributed by atoms with E-state index in [-0.39, 0.29) is 24.1 Å². The Bertz CT molecular complexity index is 750. The molecule has 1 aromatic rings. The van der Waals surface area contributed by atoms with Crippen LogP contribution in [0, 0.1) is 11.8 Å². The van der Waals surface area contributed by atoms with Crippen molar-refractivity contribution in [3.8, 4) is 0 Å². The van der Waals surface area contributed by atoms with Crippen LogP contribution in [0.1, 0.15) is 50.7 Å². The number of carbonyl (C=O) groups is 1. The number of benzene rings is 1. The van der Waals surface area contributed by atoms with E-state index in [4.69, 9.17) is 4.74 Å². The maximum atomic E-state index is 12.9. The first-order chi connectivity index (χ1) is 14.2. The fourth-order valence-electron chi connectivity index (χ4n) is 5.51. The van der Waals surface area contributed by atoms with Gasteiger partial charge in [-0.15, -0.1) is 0 Å². The Labute approximate surface area is 176 Å². The summed E-state index contributed by atoms with van der Waals surface area (Å²) in [5.41, 5.74) is 0.272. The minimum absolute atomic E-state index is 0.0422. The van der Waals surface area contributed by atoms with E-state index in [2.05, 4.69) is 23.6 Å². The molecule has 4 atom stereocenters. The van der Waals surface area contributed by atoms with E-state index < -0.39 is 11.7 Å². The predicted octanol–water partition coefficient (Wildman–Crippen LogP) is 4.33. The molecular weight excluding hydrogens is 393 g/mol. The summed E-state index contributed by atoms with van der Waals surface area (Å²) in [6, 6.07) is 5.81. The van der Waals surface area contributed by atoms with E-state index in [1.807, 2.05) is 0 Å². The van der Waals surface area contributed by atoms with Gasteiger partial charge in [0.1, 0.15) is 0 Å². The third-order valence-corrected chi connectivity index (χ3v) is 6.98. The van der Waals surface area contributed by atoms with Crippen molar-refractivity contribution in [2.75, 3.05) is 19.7 Å². The molecule has 7 heteroatoms. The molecule has 30 heavy (non-hydrogen) atoms. The fourth-order valence-corrected chi connectivity index (χ4v) is 5.51. The van der Waals surface area contributed by atoms with Gasteiger partial charge in [-0.2, -0.15) is 13.2 Å². The van der Waals surface area contributed by atoms with Crippen LogP contribution in [-0.2, 0) is 22.3 Å². The highest BCUT2D eigenvalue weighted by Gasteiger charge is 2.47. The van der Waals surface area contributed by atoms with Gasteiger partial charge in [0.15, 0.2) is 0 Å². The monoisotopic (exact) mass is 424 g/mol. The molecule has 1 aromatic carbocycles. The summed E-state index contributed by atoms with van der Waals surface area (Å²) < 4.78 is 44.8. The van der Waals surface area contributed by atoms with Crippen molar-refractivity contribution in [3.63, 3.8) is 0 Å². The molecule has 0 unspecified atom stereocenters. The lowest BCUT2D eigenvalue weighted by Crippen LogP contribution is -2.58. The number of hydrogen-bond acceptors (Lipinski definition) is 3. The Kier molecular flexibility index (Phi) is 6.13. The number of ether oxygens (including phenoxy) is 1. The zero-order chi connectivity index (χ0) is 21.5. The second kappa shape index (κ2) is 8.50. The average Bonchev–Trinajstić information content (AvgIpc) is 2.98. The number of amides is 1. The molecule has 0 radical (unpaired) electrons. The van der Waals surface area contributed by atoms with Crippen LogP contribution in [0.5, 0.6) is 0 Å². The first-order valence-corrected chi connectivity index (χ1v) is 11.1. The molecular formula is C23H31F3N2O2. The van der Waals surface area contributed by atoms with Crippen molar-refractivity contribution in [2.24, 2.45) is 11.8 Å². The van der Waals surface area contributed by atoms with Crippen molar-refractivity contribution in [3.05, 3.63) is 35.4 Å². The average molecular weight is 425 g/mol. The Morgan fingerprint density at radius 3 is 2.53 bits per heavy atom. The fraction of sp³-hybridized carbons (Fsp3) is 0.696. The van der Waals surface area contributed by atoms with Crippen LogP contribution in [0.4, 0.5) is 13.2 Å². The molecule has 0 saturated carbocycles. The molecule has 0 bridgehead atoms. The van der Waals surface area contributed by atoms with Crippen LogP contribution in [-0.4, -0.2) is 53.6 Å². The second-order valence-electron chi connectivity index (χ2n) is 9.32. The van der Waals surface area contributed by atoms with Gasteiger partial charge in [-0.25, -0.2) is 0 Å². The molecule has 0 spiro atoms. The molecule has 166 valence electrons. The van der Waals surface area contributed by atoms with Gasteiger partial charge < -0.3 is 9.64 Å². The van der Waals surface area contributed by atoms with Crippen LogP contribution in [0.2, 0.25) is 0 Å². The predicted molar refractivity (Wildman–Crippen MR) is 108 cm³/mol. The smallest absolute Gasteiger partial charge is 0.376 e. The van der Waals surface area contributed by atoms with E-state index in [1.54, 1.807) is 12.1 Å². The lowest BCUT2D eigenvalue weighted by atomic mass is 9.83. The molecule has 3 saturated heterocycles. The van der Waals surface area contributed by atoms with Gasteiger partial charge in [0.2, 0.25) is 5.91 Å². The van der Waals surface area contributed by atoms with Gasteiger partial charge in [0, 0.05) is 38.7 Å². The van der Waals surface area contributed by atoms with Crippen LogP contribution in [0.3, 0.4) is 0 Å².